The van der Waals surface area contributed by atoms with Gasteiger partial charge in [-0.05, 0) is 43.2 Å². The van der Waals surface area contributed by atoms with Crippen molar-refractivity contribution < 1.29 is 9.32 Å². The summed E-state index contributed by atoms with van der Waals surface area (Å²) in [5, 5.41) is 7.35. The van der Waals surface area contributed by atoms with Crippen molar-refractivity contribution in [2.75, 3.05) is 7.05 Å². The number of hydrogen-bond acceptors (Lipinski definition) is 3. The largest absolute Gasteiger partial charge is 0.361 e. The van der Waals surface area contributed by atoms with Crippen LogP contribution in [0.5, 0.6) is 0 Å². The molecular formula is C19H23N3O2. The van der Waals surface area contributed by atoms with Crippen LogP contribution in [0.3, 0.4) is 0 Å². The van der Waals surface area contributed by atoms with Crippen molar-refractivity contribution in [2.24, 2.45) is 0 Å². The molecule has 4 rings (SSSR count). The highest BCUT2D eigenvalue weighted by atomic mass is 16.5. The number of urea groups is 1. The van der Waals surface area contributed by atoms with Crippen molar-refractivity contribution in [3.8, 4) is 0 Å². The van der Waals surface area contributed by atoms with Crippen LogP contribution in [0.25, 0.3) is 0 Å². The third-order valence-electron chi connectivity index (χ3n) is 5.20. The summed E-state index contributed by atoms with van der Waals surface area (Å²) < 4.78 is 5.44. The van der Waals surface area contributed by atoms with E-state index in [0.717, 1.165) is 37.1 Å². The van der Waals surface area contributed by atoms with E-state index in [1.165, 1.54) is 29.5 Å². The van der Waals surface area contributed by atoms with Gasteiger partial charge in [0, 0.05) is 19.0 Å². The van der Waals surface area contributed by atoms with Gasteiger partial charge in [-0.3, -0.25) is 0 Å². The van der Waals surface area contributed by atoms with Crippen molar-refractivity contribution in [2.45, 2.75) is 51.1 Å². The lowest BCUT2D eigenvalue weighted by Gasteiger charge is -2.21. The zero-order valence-electron chi connectivity index (χ0n) is 14.0. The molecule has 1 atom stereocenters. The highest BCUT2D eigenvalue weighted by Gasteiger charge is 2.26. The maximum Gasteiger partial charge on any atom is 0.317 e. The maximum atomic E-state index is 12.6. The average Bonchev–Trinajstić information content (AvgIpc) is 3.20. The highest BCUT2D eigenvalue weighted by molar-refractivity contribution is 5.74. The average molecular weight is 325 g/mol. The molecule has 24 heavy (non-hydrogen) atoms. The lowest BCUT2D eigenvalue weighted by molar-refractivity contribution is 0.201. The molecule has 0 saturated carbocycles. The molecule has 1 N–H and O–H groups in total. The standard InChI is InChI=1S/C19H23N3O2/c1-22(12-17-15-8-4-5-9-18(15)24-21-17)19(23)20-16-11-10-13-6-2-3-7-14(13)16/h2-3,6-7,16H,4-5,8-12H2,1H3,(H,20,23)/t16-/m0/s1. The van der Waals surface area contributed by atoms with Crippen molar-refractivity contribution >= 4 is 6.03 Å². The van der Waals surface area contributed by atoms with E-state index in [1.54, 1.807) is 4.90 Å². The molecule has 126 valence electrons. The predicted octanol–water partition coefficient (Wildman–Crippen LogP) is 3.38. The Morgan fingerprint density at radius 2 is 2.12 bits per heavy atom. The lowest BCUT2D eigenvalue weighted by atomic mass is 9.96. The summed E-state index contributed by atoms with van der Waals surface area (Å²) in [6, 6.07) is 8.41. The Kier molecular flexibility index (Phi) is 4.00. The molecule has 0 aliphatic heterocycles. The number of rotatable bonds is 3. The van der Waals surface area contributed by atoms with Crippen molar-refractivity contribution in [3.63, 3.8) is 0 Å². The Labute approximate surface area is 142 Å². The van der Waals surface area contributed by atoms with Gasteiger partial charge < -0.3 is 14.7 Å². The van der Waals surface area contributed by atoms with Gasteiger partial charge in [0.25, 0.3) is 0 Å². The second-order valence-corrected chi connectivity index (χ2v) is 6.83. The van der Waals surface area contributed by atoms with Crippen molar-refractivity contribution in [3.05, 3.63) is 52.4 Å². The number of carbonyl (C=O) groups is 1. The lowest BCUT2D eigenvalue weighted by Crippen LogP contribution is -2.38. The van der Waals surface area contributed by atoms with Crippen LogP contribution in [0, 0.1) is 0 Å². The molecule has 0 radical (unpaired) electrons. The van der Waals surface area contributed by atoms with Gasteiger partial charge in [-0.1, -0.05) is 29.4 Å². The molecule has 5 heteroatoms. The van der Waals surface area contributed by atoms with E-state index in [1.807, 2.05) is 13.1 Å². The summed E-state index contributed by atoms with van der Waals surface area (Å²) in [6.45, 7) is 0.499. The molecule has 0 spiro atoms. The molecule has 0 unspecified atom stereocenters. The second-order valence-electron chi connectivity index (χ2n) is 6.83. The Hall–Kier alpha value is -2.30. The van der Waals surface area contributed by atoms with Gasteiger partial charge in [-0.25, -0.2) is 4.79 Å². The van der Waals surface area contributed by atoms with Crippen LogP contribution in [-0.2, 0) is 25.8 Å². The summed E-state index contributed by atoms with van der Waals surface area (Å²) in [5.74, 6) is 1.01. The summed E-state index contributed by atoms with van der Waals surface area (Å²) >= 11 is 0. The predicted molar refractivity (Wildman–Crippen MR) is 90.6 cm³/mol. The Morgan fingerprint density at radius 1 is 1.29 bits per heavy atom. The fourth-order valence-corrected chi connectivity index (χ4v) is 3.84. The van der Waals surface area contributed by atoms with Gasteiger partial charge in [0.05, 0.1) is 12.6 Å². The van der Waals surface area contributed by atoms with E-state index >= 15 is 0 Å². The zero-order valence-corrected chi connectivity index (χ0v) is 14.0. The van der Waals surface area contributed by atoms with E-state index < -0.39 is 0 Å². The topological polar surface area (TPSA) is 58.4 Å². The number of amides is 2. The van der Waals surface area contributed by atoms with Gasteiger partial charge in [-0.15, -0.1) is 0 Å². The third kappa shape index (κ3) is 2.79. The highest BCUT2D eigenvalue weighted by Crippen LogP contribution is 2.31. The zero-order chi connectivity index (χ0) is 16.5. The van der Waals surface area contributed by atoms with E-state index in [9.17, 15) is 4.79 Å². The Morgan fingerprint density at radius 3 is 3.04 bits per heavy atom. The molecule has 0 fully saturated rings. The molecule has 2 amide bonds. The van der Waals surface area contributed by atoms with Crippen molar-refractivity contribution in [1.29, 1.82) is 0 Å². The van der Waals surface area contributed by atoms with Crippen LogP contribution < -0.4 is 5.32 Å². The second kappa shape index (κ2) is 6.30. The Bertz CT molecular complexity index is 753. The first-order chi connectivity index (χ1) is 11.7. The number of carbonyl (C=O) groups excluding carboxylic acids is 1. The molecule has 0 saturated heterocycles. The first kappa shape index (κ1) is 15.2. The van der Waals surface area contributed by atoms with Gasteiger partial charge in [0.1, 0.15) is 11.5 Å². The summed E-state index contributed by atoms with van der Waals surface area (Å²) in [5.41, 5.74) is 4.72. The first-order valence-corrected chi connectivity index (χ1v) is 8.78. The number of nitrogens with zero attached hydrogens (tertiary/aromatic N) is 2. The molecule has 1 aromatic heterocycles. The van der Waals surface area contributed by atoms with E-state index in [0.29, 0.717) is 6.54 Å². The first-order valence-electron chi connectivity index (χ1n) is 8.78. The fraction of sp³-hybridized carbons (Fsp3) is 0.474. The van der Waals surface area contributed by atoms with E-state index in [-0.39, 0.29) is 12.1 Å². The minimum atomic E-state index is -0.0516. The van der Waals surface area contributed by atoms with Gasteiger partial charge >= 0.3 is 6.03 Å². The smallest absolute Gasteiger partial charge is 0.317 e. The van der Waals surface area contributed by atoms with E-state index in [2.05, 4.69) is 28.7 Å². The van der Waals surface area contributed by atoms with E-state index in [4.69, 9.17) is 4.52 Å². The normalized spacial score (nSPS) is 18.8. The molecule has 2 aliphatic carbocycles. The van der Waals surface area contributed by atoms with Crippen LogP contribution in [-0.4, -0.2) is 23.1 Å². The number of nitrogens with one attached hydrogen (secondary N) is 1. The number of benzene rings is 1. The molecular weight excluding hydrogens is 302 g/mol. The SMILES string of the molecule is CN(Cc1noc2c1CCCC2)C(=O)N[C@H]1CCc2ccccc21. The minimum absolute atomic E-state index is 0.0516. The molecule has 2 aliphatic rings. The number of aromatic nitrogens is 1. The maximum absolute atomic E-state index is 12.6. The third-order valence-corrected chi connectivity index (χ3v) is 5.20. The monoisotopic (exact) mass is 325 g/mol. The van der Waals surface area contributed by atoms with Crippen LogP contribution in [0.4, 0.5) is 4.79 Å². The number of fused-ring (bicyclic) bond motifs is 2. The minimum Gasteiger partial charge on any atom is -0.361 e. The van der Waals surface area contributed by atoms with Gasteiger partial charge in [-0.2, -0.15) is 0 Å². The molecule has 0 bridgehead atoms. The Balaban J connectivity index is 1.41. The molecule has 1 heterocycles. The van der Waals surface area contributed by atoms with Crippen LogP contribution in [0.1, 0.15) is 53.4 Å². The fourth-order valence-electron chi connectivity index (χ4n) is 3.84. The van der Waals surface area contributed by atoms with Crippen molar-refractivity contribution in [1.82, 2.24) is 15.4 Å². The van der Waals surface area contributed by atoms with Gasteiger partial charge in [0.2, 0.25) is 0 Å². The number of aryl methyl sites for hydroxylation is 2. The molecule has 1 aromatic carbocycles. The molecule has 5 nitrogen and oxygen atoms in total. The van der Waals surface area contributed by atoms with Crippen LogP contribution in [0.15, 0.2) is 28.8 Å². The number of hydrogen-bond donors (Lipinski definition) is 1. The van der Waals surface area contributed by atoms with Crippen LogP contribution in [0.2, 0.25) is 0 Å². The molecule has 2 aromatic rings. The summed E-state index contributed by atoms with van der Waals surface area (Å²) in [4.78, 5) is 14.3. The van der Waals surface area contributed by atoms with Crippen LogP contribution >= 0.6 is 0 Å². The summed E-state index contributed by atoms with van der Waals surface area (Å²) in [7, 11) is 1.82. The quantitative estimate of drug-likeness (QED) is 0.941. The summed E-state index contributed by atoms with van der Waals surface area (Å²) in [6.07, 6.45) is 6.33. The van der Waals surface area contributed by atoms with Gasteiger partial charge in [0.15, 0.2) is 0 Å².